The van der Waals surface area contributed by atoms with E-state index in [2.05, 4.69) is 35.6 Å². The van der Waals surface area contributed by atoms with E-state index in [-0.39, 0.29) is 22.9 Å². The van der Waals surface area contributed by atoms with Gasteiger partial charge in [-0.05, 0) is 55.0 Å². The minimum Gasteiger partial charge on any atom is -0.368 e. The molecule has 0 bridgehead atoms. The number of rotatable bonds is 4. The molecule has 0 saturated carbocycles. The summed E-state index contributed by atoms with van der Waals surface area (Å²) in [5, 5.41) is 12.8. The molecular formula is C21H23ClN10OS. The number of halogens is 1. The zero-order valence-electron chi connectivity index (χ0n) is 18.8. The molecular weight excluding hydrogens is 476 g/mol. The molecule has 2 aliphatic rings. The van der Waals surface area contributed by atoms with Crippen molar-refractivity contribution in [2.45, 2.75) is 32.9 Å². The average Bonchev–Trinajstić information content (AvgIpc) is 3.33. The van der Waals surface area contributed by atoms with Gasteiger partial charge in [0, 0.05) is 25.2 Å². The number of dihydropyridines is 1. The van der Waals surface area contributed by atoms with Gasteiger partial charge in [0.25, 0.3) is 0 Å². The fourth-order valence-corrected chi connectivity index (χ4v) is 5.11. The van der Waals surface area contributed by atoms with E-state index in [1.807, 2.05) is 38.2 Å². The third-order valence-corrected chi connectivity index (χ3v) is 7.04. The summed E-state index contributed by atoms with van der Waals surface area (Å²) in [6, 6.07) is 0. The van der Waals surface area contributed by atoms with Crippen LogP contribution in [-0.4, -0.2) is 54.3 Å². The maximum absolute atomic E-state index is 11.7. The standard InChI is InChI=1S/C21H23ClN10OS/c1-10-9-34-16-15(10)27-18(22)28-17(16)32-19(23)29-20(30-32)26-13-6-11-7-31(21(2,3)24)5-4-12(11)25-14(13)8-33/h6,9,25H,4-5,7,24H2,1-3H3,(H3,23,26,29,30). The second-order valence-corrected chi connectivity index (χ2v) is 9.95. The molecule has 0 unspecified atom stereocenters. The lowest BCUT2D eigenvalue weighted by molar-refractivity contribution is 0.132. The summed E-state index contributed by atoms with van der Waals surface area (Å²) in [6.07, 6.45) is 2.64. The van der Waals surface area contributed by atoms with Gasteiger partial charge in [-0.25, -0.2) is 9.78 Å². The zero-order chi connectivity index (χ0) is 24.2. The number of nitrogens with zero attached hydrogens (tertiary/aromatic N) is 6. The highest BCUT2D eigenvalue weighted by Gasteiger charge is 2.30. The predicted octanol–water partition coefficient (Wildman–Crippen LogP) is 2.09. The van der Waals surface area contributed by atoms with Crippen molar-refractivity contribution in [1.82, 2.24) is 34.9 Å². The van der Waals surface area contributed by atoms with Crippen LogP contribution in [0.25, 0.3) is 16.0 Å². The molecule has 5 heterocycles. The maximum atomic E-state index is 11.7. The summed E-state index contributed by atoms with van der Waals surface area (Å²) in [5.74, 6) is 2.70. The molecule has 176 valence electrons. The number of hydrogen-bond donors (Lipinski definition) is 4. The Morgan fingerprint density at radius 1 is 1.32 bits per heavy atom. The fraction of sp³-hybridized carbons (Fsp3) is 0.333. The van der Waals surface area contributed by atoms with Crippen molar-refractivity contribution in [2.75, 3.05) is 24.1 Å². The van der Waals surface area contributed by atoms with E-state index in [9.17, 15) is 4.79 Å². The topological polar surface area (TPSA) is 153 Å². The average molecular weight is 499 g/mol. The molecule has 3 aromatic heterocycles. The van der Waals surface area contributed by atoms with Gasteiger partial charge < -0.3 is 22.1 Å². The van der Waals surface area contributed by atoms with Gasteiger partial charge in [-0.3, -0.25) is 4.90 Å². The number of aromatic nitrogens is 5. The number of anilines is 2. The molecule has 0 radical (unpaired) electrons. The highest BCUT2D eigenvalue weighted by molar-refractivity contribution is 7.17. The normalized spacial score (nSPS) is 16.9. The number of hydrogen-bond acceptors (Lipinski definition) is 11. The molecule has 0 aromatic carbocycles. The van der Waals surface area contributed by atoms with Crippen LogP contribution in [0.1, 0.15) is 25.8 Å². The molecule has 2 aliphatic heterocycles. The predicted molar refractivity (Wildman–Crippen MR) is 132 cm³/mol. The molecule has 0 aliphatic carbocycles. The summed E-state index contributed by atoms with van der Waals surface area (Å²) < 4.78 is 2.19. The van der Waals surface area contributed by atoms with Crippen LogP contribution >= 0.6 is 22.9 Å². The summed E-state index contributed by atoms with van der Waals surface area (Å²) in [4.78, 5) is 26.8. The summed E-state index contributed by atoms with van der Waals surface area (Å²) >= 11 is 7.62. The molecule has 3 aromatic rings. The van der Waals surface area contributed by atoms with Crippen molar-refractivity contribution in [3.63, 3.8) is 0 Å². The van der Waals surface area contributed by atoms with Crippen molar-refractivity contribution >= 4 is 51.0 Å². The van der Waals surface area contributed by atoms with E-state index < -0.39 is 5.66 Å². The minimum atomic E-state index is -0.459. The van der Waals surface area contributed by atoms with Crippen LogP contribution in [0.15, 0.2) is 34.1 Å². The fourth-order valence-electron chi connectivity index (χ4n) is 3.99. The van der Waals surface area contributed by atoms with E-state index >= 15 is 0 Å². The van der Waals surface area contributed by atoms with E-state index in [0.717, 1.165) is 40.0 Å². The Hall–Kier alpha value is -3.28. The largest absolute Gasteiger partial charge is 0.368 e. The van der Waals surface area contributed by atoms with Gasteiger partial charge in [-0.15, -0.1) is 16.4 Å². The molecule has 0 fully saturated rings. The van der Waals surface area contributed by atoms with Gasteiger partial charge in [0.2, 0.25) is 17.2 Å². The lowest BCUT2D eigenvalue weighted by atomic mass is 9.98. The first kappa shape index (κ1) is 22.5. The molecule has 13 heteroatoms. The van der Waals surface area contributed by atoms with Gasteiger partial charge in [-0.2, -0.15) is 14.6 Å². The molecule has 34 heavy (non-hydrogen) atoms. The van der Waals surface area contributed by atoms with Crippen molar-refractivity contribution in [3.8, 4) is 5.82 Å². The van der Waals surface area contributed by atoms with E-state index in [4.69, 9.17) is 23.1 Å². The van der Waals surface area contributed by atoms with Crippen LogP contribution in [0.5, 0.6) is 0 Å². The Bertz CT molecular complexity index is 1420. The molecule has 0 atom stereocenters. The third-order valence-electron chi connectivity index (χ3n) is 5.79. The molecule has 0 spiro atoms. The molecule has 6 N–H and O–H groups in total. The first-order valence-corrected chi connectivity index (χ1v) is 11.8. The Labute approximate surface area is 204 Å². The summed E-state index contributed by atoms with van der Waals surface area (Å²) in [5.41, 5.74) is 16.5. The number of aryl methyl sites for hydroxylation is 1. The highest BCUT2D eigenvalue weighted by Crippen LogP contribution is 2.31. The molecule has 11 nitrogen and oxygen atoms in total. The molecule has 5 rings (SSSR count). The smallest absolute Gasteiger partial charge is 0.248 e. The van der Waals surface area contributed by atoms with Crippen molar-refractivity contribution in [3.05, 3.63) is 45.0 Å². The van der Waals surface area contributed by atoms with Crippen LogP contribution < -0.4 is 22.1 Å². The highest BCUT2D eigenvalue weighted by atomic mass is 35.5. The third kappa shape index (κ3) is 3.95. The summed E-state index contributed by atoms with van der Waals surface area (Å²) in [6.45, 7) is 7.32. The Morgan fingerprint density at radius 3 is 2.85 bits per heavy atom. The van der Waals surface area contributed by atoms with Crippen LogP contribution in [0.4, 0.5) is 11.9 Å². The first-order chi connectivity index (χ1) is 16.1. The number of nitrogen functional groups attached to an aromatic ring is 1. The molecule has 0 saturated heterocycles. The number of nitrogens with one attached hydrogen (secondary N) is 2. The van der Waals surface area contributed by atoms with Gasteiger partial charge in [0.1, 0.15) is 5.70 Å². The lowest BCUT2D eigenvalue weighted by Gasteiger charge is -2.40. The van der Waals surface area contributed by atoms with E-state index in [0.29, 0.717) is 18.1 Å². The minimum absolute atomic E-state index is 0.0860. The van der Waals surface area contributed by atoms with Gasteiger partial charge >= 0.3 is 0 Å². The Balaban J connectivity index is 1.49. The number of carbonyl (C=O) groups excluding carboxylic acids is 1. The SMILES string of the molecule is Cc1csc2c(-n3nc(NC4=CC5=C(CCN(C(C)(C)N)C5)NC4=C=O)nc3N)nc(Cl)nc12. The maximum Gasteiger partial charge on any atom is 0.248 e. The van der Waals surface area contributed by atoms with Crippen LogP contribution in [0.2, 0.25) is 5.28 Å². The Morgan fingerprint density at radius 2 is 2.12 bits per heavy atom. The van der Waals surface area contributed by atoms with Crippen molar-refractivity contribution < 1.29 is 4.79 Å². The lowest BCUT2D eigenvalue weighted by Crippen LogP contribution is -2.54. The van der Waals surface area contributed by atoms with E-state index in [1.54, 1.807) is 0 Å². The second-order valence-electron chi connectivity index (χ2n) is 8.73. The van der Waals surface area contributed by atoms with E-state index in [1.165, 1.54) is 16.0 Å². The second kappa shape index (κ2) is 8.19. The van der Waals surface area contributed by atoms with Crippen molar-refractivity contribution in [2.24, 2.45) is 5.73 Å². The van der Waals surface area contributed by atoms with Gasteiger partial charge in [-0.1, -0.05) is 0 Å². The van der Waals surface area contributed by atoms with Gasteiger partial charge in [0.15, 0.2) is 11.8 Å². The van der Waals surface area contributed by atoms with Gasteiger partial charge in [0.05, 0.1) is 21.6 Å². The number of fused-ring (bicyclic) bond motifs is 1. The Kier molecular flexibility index (Phi) is 5.42. The van der Waals surface area contributed by atoms with Crippen LogP contribution in [-0.2, 0) is 4.79 Å². The molecule has 0 amide bonds. The zero-order valence-corrected chi connectivity index (χ0v) is 20.4. The quantitative estimate of drug-likeness (QED) is 0.310. The number of thiophene rings is 1. The summed E-state index contributed by atoms with van der Waals surface area (Å²) in [7, 11) is 0. The number of nitrogens with two attached hydrogens (primary N) is 2. The van der Waals surface area contributed by atoms with Crippen molar-refractivity contribution in [1.29, 1.82) is 0 Å². The van der Waals surface area contributed by atoms with Crippen LogP contribution in [0, 0.1) is 6.92 Å². The monoisotopic (exact) mass is 498 g/mol. The first-order valence-electron chi connectivity index (χ1n) is 10.6. The van der Waals surface area contributed by atoms with Crippen LogP contribution in [0.3, 0.4) is 0 Å².